The highest BCUT2D eigenvalue weighted by Gasteiger charge is 2.08. The minimum absolute atomic E-state index is 0.0240. The third-order valence-corrected chi connectivity index (χ3v) is 3.36. The van der Waals surface area contributed by atoms with E-state index in [9.17, 15) is 10.1 Å². The Morgan fingerprint density at radius 1 is 0.792 bits per heavy atom. The van der Waals surface area contributed by atoms with Gasteiger partial charge in [-0.1, -0.05) is 42.5 Å². The standard InChI is InChI=1S/C19H15NO4/c21-20(22)16-10-12-17(13-11-16)24-19-9-5-4-8-18(19)23-14-15-6-2-1-3-7-15/h1-13H,14H2. The average molecular weight is 321 g/mol. The van der Waals surface area contributed by atoms with E-state index in [1.807, 2.05) is 48.5 Å². The van der Waals surface area contributed by atoms with Crippen molar-refractivity contribution in [2.75, 3.05) is 0 Å². The molecule has 24 heavy (non-hydrogen) atoms. The van der Waals surface area contributed by atoms with Crippen LogP contribution in [0.15, 0.2) is 78.9 Å². The highest BCUT2D eigenvalue weighted by molar-refractivity contribution is 5.44. The molecule has 3 aromatic rings. The van der Waals surface area contributed by atoms with Crippen LogP contribution in [0, 0.1) is 10.1 Å². The predicted octanol–water partition coefficient (Wildman–Crippen LogP) is 4.97. The maximum absolute atomic E-state index is 10.7. The largest absolute Gasteiger partial charge is 0.485 e. The van der Waals surface area contributed by atoms with Crippen molar-refractivity contribution in [3.05, 3.63) is 94.5 Å². The second kappa shape index (κ2) is 7.28. The maximum atomic E-state index is 10.7. The van der Waals surface area contributed by atoms with Gasteiger partial charge in [0.2, 0.25) is 0 Å². The zero-order chi connectivity index (χ0) is 16.8. The topological polar surface area (TPSA) is 61.6 Å². The van der Waals surface area contributed by atoms with Crippen molar-refractivity contribution in [1.29, 1.82) is 0 Å². The molecular formula is C19H15NO4. The van der Waals surface area contributed by atoms with Gasteiger partial charge in [0.1, 0.15) is 12.4 Å². The average Bonchev–Trinajstić information content (AvgIpc) is 2.62. The Bertz CT molecular complexity index is 816. The summed E-state index contributed by atoms with van der Waals surface area (Å²) in [6.07, 6.45) is 0. The summed E-state index contributed by atoms with van der Waals surface area (Å²) < 4.78 is 11.6. The number of nitro groups is 1. The van der Waals surface area contributed by atoms with Gasteiger partial charge in [0.25, 0.3) is 5.69 Å². The van der Waals surface area contributed by atoms with Crippen LogP contribution in [0.1, 0.15) is 5.56 Å². The number of para-hydroxylation sites is 2. The molecule has 0 radical (unpaired) electrons. The summed E-state index contributed by atoms with van der Waals surface area (Å²) in [5.74, 6) is 1.68. The summed E-state index contributed by atoms with van der Waals surface area (Å²) >= 11 is 0. The van der Waals surface area contributed by atoms with Gasteiger partial charge in [0.15, 0.2) is 11.5 Å². The maximum Gasteiger partial charge on any atom is 0.269 e. The van der Waals surface area contributed by atoms with E-state index < -0.39 is 4.92 Å². The first kappa shape index (κ1) is 15.6. The van der Waals surface area contributed by atoms with Gasteiger partial charge in [-0.3, -0.25) is 10.1 Å². The van der Waals surface area contributed by atoms with E-state index in [0.29, 0.717) is 23.9 Å². The van der Waals surface area contributed by atoms with Gasteiger partial charge in [0, 0.05) is 12.1 Å². The minimum atomic E-state index is -0.444. The van der Waals surface area contributed by atoms with Crippen LogP contribution in [0.2, 0.25) is 0 Å². The molecule has 3 aromatic carbocycles. The van der Waals surface area contributed by atoms with E-state index >= 15 is 0 Å². The number of ether oxygens (including phenoxy) is 2. The molecule has 0 spiro atoms. The highest BCUT2D eigenvalue weighted by Crippen LogP contribution is 2.32. The predicted molar refractivity (Wildman–Crippen MR) is 90.4 cm³/mol. The number of hydrogen-bond acceptors (Lipinski definition) is 4. The first-order valence-corrected chi connectivity index (χ1v) is 7.40. The van der Waals surface area contributed by atoms with E-state index in [-0.39, 0.29) is 5.69 Å². The van der Waals surface area contributed by atoms with Crippen LogP contribution in [0.3, 0.4) is 0 Å². The molecule has 0 unspecified atom stereocenters. The monoisotopic (exact) mass is 321 g/mol. The number of non-ortho nitro benzene ring substituents is 1. The van der Waals surface area contributed by atoms with Crippen molar-refractivity contribution in [2.24, 2.45) is 0 Å². The molecular weight excluding hydrogens is 306 g/mol. The molecule has 3 rings (SSSR count). The van der Waals surface area contributed by atoms with E-state index in [4.69, 9.17) is 9.47 Å². The molecule has 0 aliphatic carbocycles. The normalized spacial score (nSPS) is 10.2. The first-order valence-electron chi connectivity index (χ1n) is 7.40. The van der Waals surface area contributed by atoms with Gasteiger partial charge in [0.05, 0.1) is 4.92 Å². The molecule has 0 atom stereocenters. The van der Waals surface area contributed by atoms with E-state index in [1.165, 1.54) is 12.1 Å². The molecule has 5 nitrogen and oxygen atoms in total. The summed E-state index contributed by atoms with van der Waals surface area (Å²) in [7, 11) is 0. The van der Waals surface area contributed by atoms with Crippen molar-refractivity contribution in [3.8, 4) is 17.2 Å². The molecule has 0 fully saturated rings. The molecule has 5 heteroatoms. The number of nitro benzene ring substituents is 1. The van der Waals surface area contributed by atoms with Crippen LogP contribution >= 0.6 is 0 Å². The zero-order valence-electron chi connectivity index (χ0n) is 12.8. The third-order valence-electron chi connectivity index (χ3n) is 3.36. The molecule has 0 aliphatic heterocycles. The van der Waals surface area contributed by atoms with Crippen LogP contribution in [-0.2, 0) is 6.61 Å². The Kier molecular flexibility index (Phi) is 4.72. The smallest absolute Gasteiger partial charge is 0.269 e. The second-order valence-corrected chi connectivity index (χ2v) is 5.07. The van der Waals surface area contributed by atoms with Crippen molar-refractivity contribution in [2.45, 2.75) is 6.61 Å². The SMILES string of the molecule is O=[N+]([O-])c1ccc(Oc2ccccc2OCc2ccccc2)cc1. The van der Waals surface area contributed by atoms with Crippen molar-refractivity contribution < 1.29 is 14.4 Å². The molecule has 0 saturated heterocycles. The minimum Gasteiger partial charge on any atom is -0.485 e. The van der Waals surface area contributed by atoms with Crippen molar-refractivity contribution in [3.63, 3.8) is 0 Å². The van der Waals surface area contributed by atoms with Gasteiger partial charge < -0.3 is 9.47 Å². The van der Waals surface area contributed by atoms with Crippen LogP contribution in [0.4, 0.5) is 5.69 Å². The number of rotatable bonds is 6. The molecule has 0 saturated carbocycles. The summed E-state index contributed by atoms with van der Waals surface area (Å²) in [5, 5.41) is 10.7. The van der Waals surface area contributed by atoms with Crippen LogP contribution in [0.5, 0.6) is 17.2 Å². The fourth-order valence-corrected chi connectivity index (χ4v) is 2.15. The lowest BCUT2D eigenvalue weighted by Gasteiger charge is -2.12. The van der Waals surface area contributed by atoms with Gasteiger partial charge in [-0.25, -0.2) is 0 Å². The van der Waals surface area contributed by atoms with E-state index in [2.05, 4.69) is 0 Å². The fraction of sp³-hybridized carbons (Fsp3) is 0.0526. The number of hydrogen-bond donors (Lipinski definition) is 0. The lowest BCUT2D eigenvalue weighted by Crippen LogP contribution is -1.97. The summed E-state index contributed by atoms with van der Waals surface area (Å²) in [6.45, 7) is 0.432. The summed E-state index contributed by atoms with van der Waals surface area (Å²) in [4.78, 5) is 10.2. The Morgan fingerprint density at radius 3 is 2.08 bits per heavy atom. The lowest BCUT2D eigenvalue weighted by molar-refractivity contribution is -0.384. The van der Waals surface area contributed by atoms with Gasteiger partial charge in [-0.2, -0.15) is 0 Å². The van der Waals surface area contributed by atoms with Crippen LogP contribution in [-0.4, -0.2) is 4.92 Å². The molecule has 0 aliphatic rings. The summed E-state index contributed by atoms with van der Waals surface area (Å²) in [5.41, 5.74) is 1.08. The zero-order valence-corrected chi connectivity index (χ0v) is 12.8. The third kappa shape index (κ3) is 3.89. The quantitative estimate of drug-likeness (QED) is 0.475. The van der Waals surface area contributed by atoms with Gasteiger partial charge >= 0.3 is 0 Å². The van der Waals surface area contributed by atoms with Crippen LogP contribution < -0.4 is 9.47 Å². The molecule has 0 N–H and O–H groups in total. The molecule has 0 aromatic heterocycles. The number of nitrogens with zero attached hydrogens (tertiary/aromatic N) is 1. The van der Waals surface area contributed by atoms with Crippen molar-refractivity contribution in [1.82, 2.24) is 0 Å². The second-order valence-electron chi connectivity index (χ2n) is 5.07. The molecule has 0 amide bonds. The Labute approximate surface area is 139 Å². The molecule has 120 valence electrons. The van der Waals surface area contributed by atoms with E-state index in [0.717, 1.165) is 5.56 Å². The Morgan fingerprint density at radius 2 is 1.42 bits per heavy atom. The molecule has 0 bridgehead atoms. The fourth-order valence-electron chi connectivity index (χ4n) is 2.15. The van der Waals surface area contributed by atoms with Crippen LogP contribution in [0.25, 0.3) is 0 Å². The lowest BCUT2D eigenvalue weighted by atomic mass is 10.2. The van der Waals surface area contributed by atoms with Gasteiger partial charge in [-0.05, 0) is 29.8 Å². The Hall–Kier alpha value is -3.34. The summed E-state index contributed by atoms with van der Waals surface area (Å²) in [6, 6.07) is 23.1. The van der Waals surface area contributed by atoms with Gasteiger partial charge in [-0.15, -0.1) is 0 Å². The van der Waals surface area contributed by atoms with Crippen molar-refractivity contribution >= 4 is 5.69 Å². The molecule has 0 heterocycles. The highest BCUT2D eigenvalue weighted by atomic mass is 16.6. The number of benzene rings is 3. The van der Waals surface area contributed by atoms with E-state index in [1.54, 1.807) is 18.2 Å². The first-order chi connectivity index (χ1) is 11.7. The Balaban J connectivity index is 1.73.